The molecule has 5 heteroatoms. The number of benzene rings is 1. The molecule has 0 heterocycles. The molecule has 1 aliphatic carbocycles. The van der Waals surface area contributed by atoms with Crippen molar-refractivity contribution in [1.82, 2.24) is 5.32 Å². The molecule has 1 saturated carbocycles. The molecule has 1 aromatic rings. The first-order chi connectivity index (χ1) is 9.06. The van der Waals surface area contributed by atoms with Crippen LogP contribution in [-0.2, 0) is 0 Å². The van der Waals surface area contributed by atoms with Crippen LogP contribution < -0.4 is 10.1 Å². The van der Waals surface area contributed by atoms with Gasteiger partial charge in [-0.25, -0.2) is 0 Å². The molecule has 1 unspecified atom stereocenters. The van der Waals surface area contributed by atoms with Crippen LogP contribution in [0.15, 0.2) is 16.6 Å². The molecule has 0 aromatic heterocycles. The zero-order valence-electron chi connectivity index (χ0n) is 10.9. The van der Waals surface area contributed by atoms with Gasteiger partial charge in [0.15, 0.2) is 0 Å². The smallest absolute Gasteiger partial charge is 0.139 e. The summed E-state index contributed by atoms with van der Waals surface area (Å²) in [6, 6.07) is 4.30. The highest BCUT2D eigenvalue weighted by molar-refractivity contribution is 9.10. The molecule has 0 amide bonds. The van der Waals surface area contributed by atoms with E-state index >= 15 is 0 Å². The van der Waals surface area contributed by atoms with Gasteiger partial charge in [0.05, 0.1) is 16.1 Å². The quantitative estimate of drug-likeness (QED) is 0.538. The number of halogens is 3. The van der Waals surface area contributed by atoms with Crippen LogP contribution in [0, 0.1) is 0 Å². The van der Waals surface area contributed by atoms with Gasteiger partial charge >= 0.3 is 0 Å². The Hall–Kier alpha value is 0.0400. The second-order valence-corrected chi connectivity index (χ2v) is 6.66. The highest BCUT2D eigenvalue weighted by Gasteiger charge is 2.19. The first-order valence-corrected chi connectivity index (χ1v) is 8.15. The number of nitrogens with one attached hydrogen (secondary N) is 1. The van der Waals surface area contributed by atoms with Gasteiger partial charge in [0, 0.05) is 16.6 Å². The van der Waals surface area contributed by atoms with E-state index in [4.69, 9.17) is 27.9 Å². The van der Waals surface area contributed by atoms with Crippen LogP contribution in [0.1, 0.15) is 32.6 Å². The average Bonchev–Trinajstić information content (AvgIpc) is 3.16. The van der Waals surface area contributed by atoms with Crippen molar-refractivity contribution in [1.29, 1.82) is 0 Å². The topological polar surface area (TPSA) is 21.3 Å². The summed E-state index contributed by atoms with van der Waals surface area (Å²) in [5.41, 5.74) is 0. The molecular weight excluding hydrogens is 349 g/mol. The zero-order chi connectivity index (χ0) is 13.8. The lowest BCUT2D eigenvalue weighted by Crippen LogP contribution is -2.20. The van der Waals surface area contributed by atoms with Crippen molar-refractivity contribution in [2.45, 2.75) is 44.8 Å². The molecule has 0 spiro atoms. The van der Waals surface area contributed by atoms with E-state index in [0.29, 0.717) is 15.8 Å². The fraction of sp³-hybridized carbons (Fsp3) is 0.571. The van der Waals surface area contributed by atoms with Crippen LogP contribution in [0.5, 0.6) is 5.75 Å². The number of hydrogen-bond donors (Lipinski definition) is 1. The minimum atomic E-state index is 0.135. The minimum Gasteiger partial charge on any atom is -0.489 e. The van der Waals surface area contributed by atoms with Crippen molar-refractivity contribution in [2.24, 2.45) is 0 Å². The summed E-state index contributed by atoms with van der Waals surface area (Å²) in [5.74, 6) is 0.650. The van der Waals surface area contributed by atoms with Gasteiger partial charge in [-0.2, -0.15) is 0 Å². The number of hydrogen-bond acceptors (Lipinski definition) is 2. The predicted molar refractivity (Wildman–Crippen MR) is 84.5 cm³/mol. The lowest BCUT2D eigenvalue weighted by Gasteiger charge is -2.16. The summed E-state index contributed by atoms with van der Waals surface area (Å²) in [6.07, 6.45) is 4.91. The van der Waals surface area contributed by atoms with Gasteiger partial charge in [-0.3, -0.25) is 0 Å². The Labute approximate surface area is 132 Å². The standard InChI is InChI=1S/C14H18BrCl2NO/c1-9(3-2-6-18-10-4-5-10)19-14-8-12(16)11(15)7-13(14)17/h7-10,18H,2-6H2,1H3. The third-order valence-corrected chi connectivity index (χ3v) is 4.59. The Morgan fingerprint density at radius 3 is 2.79 bits per heavy atom. The summed E-state index contributed by atoms with van der Waals surface area (Å²) in [6.45, 7) is 3.12. The van der Waals surface area contributed by atoms with Gasteiger partial charge in [-0.1, -0.05) is 23.2 Å². The molecule has 0 saturated heterocycles. The van der Waals surface area contributed by atoms with E-state index < -0.39 is 0 Å². The average molecular weight is 367 g/mol. The van der Waals surface area contributed by atoms with Gasteiger partial charge in [0.25, 0.3) is 0 Å². The molecule has 1 fully saturated rings. The Balaban J connectivity index is 1.77. The van der Waals surface area contributed by atoms with E-state index in [2.05, 4.69) is 28.2 Å². The largest absolute Gasteiger partial charge is 0.489 e. The molecule has 2 rings (SSSR count). The van der Waals surface area contributed by atoms with Crippen LogP contribution >= 0.6 is 39.1 Å². The Kier molecular flexibility index (Phi) is 5.82. The SMILES string of the molecule is CC(CCCNC1CC1)Oc1cc(Cl)c(Br)cc1Cl. The molecule has 0 radical (unpaired) electrons. The van der Waals surface area contributed by atoms with Crippen molar-refractivity contribution in [3.8, 4) is 5.75 Å². The lowest BCUT2D eigenvalue weighted by molar-refractivity contribution is 0.207. The van der Waals surface area contributed by atoms with Crippen LogP contribution in [0.25, 0.3) is 0 Å². The summed E-state index contributed by atoms with van der Waals surface area (Å²) in [4.78, 5) is 0. The summed E-state index contributed by atoms with van der Waals surface area (Å²) < 4.78 is 6.62. The van der Waals surface area contributed by atoms with Crippen molar-refractivity contribution >= 4 is 39.1 Å². The zero-order valence-corrected chi connectivity index (χ0v) is 14.0. The second kappa shape index (κ2) is 7.16. The molecule has 1 N–H and O–H groups in total. The number of ether oxygens (including phenoxy) is 1. The molecule has 1 atom stereocenters. The minimum absolute atomic E-state index is 0.135. The summed E-state index contributed by atoms with van der Waals surface area (Å²) in [5, 5.41) is 4.69. The van der Waals surface area contributed by atoms with Crippen LogP contribution in [0.2, 0.25) is 10.0 Å². The Morgan fingerprint density at radius 2 is 2.11 bits per heavy atom. The monoisotopic (exact) mass is 365 g/mol. The van der Waals surface area contributed by atoms with Crippen LogP contribution in [0.3, 0.4) is 0 Å². The summed E-state index contributed by atoms with van der Waals surface area (Å²) >= 11 is 15.5. The first kappa shape index (κ1) is 15.4. The fourth-order valence-corrected chi connectivity index (χ4v) is 2.69. The fourth-order valence-electron chi connectivity index (χ4n) is 1.85. The molecule has 0 aliphatic heterocycles. The highest BCUT2D eigenvalue weighted by atomic mass is 79.9. The number of rotatable bonds is 7. The van der Waals surface area contributed by atoms with E-state index in [-0.39, 0.29) is 6.10 Å². The van der Waals surface area contributed by atoms with Gasteiger partial charge < -0.3 is 10.1 Å². The third-order valence-electron chi connectivity index (χ3n) is 3.10. The van der Waals surface area contributed by atoms with E-state index in [1.165, 1.54) is 12.8 Å². The Bertz CT molecular complexity index is 438. The van der Waals surface area contributed by atoms with Crippen LogP contribution in [0.4, 0.5) is 0 Å². The molecule has 1 aromatic carbocycles. The van der Waals surface area contributed by atoms with E-state index in [9.17, 15) is 0 Å². The maximum Gasteiger partial charge on any atom is 0.139 e. The molecule has 0 bridgehead atoms. The molecule has 106 valence electrons. The van der Waals surface area contributed by atoms with Crippen molar-refractivity contribution in [2.75, 3.05) is 6.54 Å². The van der Waals surface area contributed by atoms with Gasteiger partial charge in [-0.15, -0.1) is 0 Å². The summed E-state index contributed by atoms with van der Waals surface area (Å²) in [7, 11) is 0. The lowest BCUT2D eigenvalue weighted by atomic mass is 10.2. The maximum atomic E-state index is 6.13. The van der Waals surface area contributed by atoms with Crippen LogP contribution in [-0.4, -0.2) is 18.7 Å². The van der Waals surface area contributed by atoms with Gasteiger partial charge in [0.1, 0.15) is 5.75 Å². The van der Waals surface area contributed by atoms with Crippen molar-refractivity contribution in [3.63, 3.8) is 0 Å². The molecule has 2 nitrogen and oxygen atoms in total. The van der Waals surface area contributed by atoms with E-state index in [1.54, 1.807) is 12.1 Å². The molecule has 1 aliphatic rings. The van der Waals surface area contributed by atoms with Gasteiger partial charge in [0.2, 0.25) is 0 Å². The van der Waals surface area contributed by atoms with Crippen molar-refractivity contribution in [3.05, 3.63) is 26.7 Å². The van der Waals surface area contributed by atoms with Crippen molar-refractivity contribution < 1.29 is 4.74 Å². The molecular formula is C14H18BrCl2NO. The van der Waals surface area contributed by atoms with E-state index in [1.807, 2.05) is 0 Å². The maximum absolute atomic E-state index is 6.13. The third kappa shape index (κ3) is 5.14. The molecule has 19 heavy (non-hydrogen) atoms. The predicted octanol–water partition coefficient (Wildman–Crippen LogP) is 5.06. The van der Waals surface area contributed by atoms with E-state index in [0.717, 1.165) is 29.9 Å². The highest BCUT2D eigenvalue weighted by Crippen LogP contribution is 2.34. The Morgan fingerprint density at radius 1 is 1.37 bits per heavy atom. The second-order valence-electron chi connectivity index (χ2n) is 5.00. The normalized spacial score (nSPS) is 16.4. The first-order valence-electron chi connectivity index (χ1n) is 6.61. The van der Waals surface area contributed by atoms with Gasteiger partial charge in [-0.05, 0) is 61.1 Å².